The highest BCUT2D eigenvalue weighted by molar-refractivity contribution is 6.38. The Morgan fingerprint density at radius 2 is 1.64 bits per heavy atom. The molecule has 1 aromatic heterocycles. The van der Waals surface area contributed by atoms with Crippen molar-refractivity contribution in [1.29, 1.82) is 0 Å². The molecular weight excluding hydrogens is 702 g/mol. The molecule has 15 heteroatoms. The van der Waals surface area contributed by atoms with E-state index in [4.69, 9.17) is 0 Å². The maximum atomic E-state index is 14.6. The number of ketones is 1. The number of Topliss-reactive ketones (excluding diaryl/α,β-unsaturated/α-hetero) is 1. The molecule has 1 aromatic carbocycles. The van der Waals surface area contributed by atoms with E-state index in [0.29, 0.717) is 18.5 Å². The molecule has 3 aliphatic rings. The minimum atomic E-state index is -1.18. The number of nitrogens with one attached hydrogen (secondary N) is 4. The Kier molecular flexibility index (Phi) is 12.6. The van der Waals surface area contributed by atoms with Crippen molar-refractivity contribution in [2.24, 2.45) is 17.3 Å². The lowest BCUT2D eigenvalue weighted by atomic mass is 9.85. The second kappa shape index (κ2) is 16.8. The van der Waals surface area contributed by atoms with Crippen molar-refractivity contribution in [1.82, 2.24) is 46.4 Å². The number of amides is 5. The fraction of sp³-hybridized carbons (Fsp3) is 0.625. The van der Waals surface area contributed by atoms with Crippen LogP contribution in [0.5, 0.6) is 0 Å². The number of benzene rings is 1. The van der Waals surface area contributed by atoms with Crippen LogP contribution in [0.1, 0.15) is 105 Å². The van der Waals surface area contributed by atoms with Crippen molar-refractivity contribution in [3.63, 3.8) is 0 Å². The van der Waals surface area contributed by atoms with Gasteiger partial charge in [-0.25, -0.2) is 0 Å². The molecule has 5 rings (SSSR count). The van der Waals surface area contributed by atoms with Gasteiger partial charge < -0.3 is 26.2 Å². The summed E-state index contributed by atoms with van der Waals surface area (Å²) in [4.78, 5) is 84.6. The Balaban J connectivity index is 1.28. The molecule has 2 aromatic rings. The van der Waals surface area contributed by atoms with Gasteiger partial charge in [-0.15, -0.1) is 10.2 Å². The van der Waals surface area contributed by atoms with Crippen molar-refractivity contribution >= 4 is 35.3 Å². The van der Waals surface area contributed by atoms with Crippen molar-refractivity contribution in [2.75, 3.05) is 6.54 Å². The Morgan fingerprint density at radius 1 is 0.945 bits per heavy atom. The Labute approximate surface area is 323 Å². The molecule has 5 amide bonds. The molecular formula is C40H57N9O6. The number of rotatable bonds is 16. The van der Waals surface area contributed by atoms with Crippen LogP contribution in [0, 0.1) is 17.3 Å². The van der Waals surface area contributed by atoms with Gasteiger partial charge in [-0.05, 0) is 86.5 Å². The Morgan fingerprint density at radius 3 is 2.25 bits per heavy atom. The third-order valence-corrected chi connectivity index (χ3v) is 11.0. The zero-order chi connectivity index (χ0) is 40.2. The zero-order valence-corrected chi connectivity index (χ0v) is 33.2. The molecule has 1 aliphatic heterocycles. The van der Waals surface area contributed by atoms with E-state index < -0.39 is 70.4 Å². The predicted molar refractivity (Wildman–Crippen MR) is 204 cm³/mol. The molecule has 2 saturated carbocycles. The Hall–Kier alpha value is -4.95. The highest BCUT2D eigenvalue weighted by atomic mass is 16.2. The van der Waals surface area contributed by atoms with Crippen LogP contribution in [0.2, 0.25) is 0 Å². The fourth-order valence-electron chi connectivity index (χ4n) is 7.65. The molecule has 55 heavy (non-hydrogen) atoms. The molecule has 0 radical (unpaired) electrons. The van der Waals surface area contributed by atoms with Gasteiger partial charge in [0.25, 0.3) is 5.91 Å². The molecule has 2 heterocycles. The number of nitrogens with zero attached hydrogens (tertiary/aromatic N) is 5. The minimum absolute atomic E-state index is 0.00382. The van der Waals surface area contributed by atoms with Gasteiger partial charge in [-0.3, -0.25) is 28.8 Å². The van der Waals surface area contributed by atoms with Gasteiger partial charge in [0.2, 0.25) is 29.4 Å². The molecule has 3 fully saturated rings. The highest BCUT2D eigenvalue weighted by Crippen LogP contribution is 2.43. The van der Waals surface area contributed by atoms with Gasteiger partial charge in [-0.2, -0.15) is 4.80 Å². The molecule has 0 spiro atoms. The zero-order valence-electron chi connectivity index (χ0n) is 33.2. The summed E-state index contributed by atoms with van der Waals surface area (Å²) >= 11 is 0. The summed E-state index contributed by atoms with van der Waals surface area (Å²) in [6, 6.07) is 5.51. The Bertz CT molecular complexity index is 1780. The van der Waals surface area contributed by atoms with Gasteiger partial charge in [0.15, 0.2) is 5.82 Å². The van der Waals surface area contributed by atoms with Crippen LogP contribution in [0.3, 0.4) is 0 Å². The molecule has 1 unspecified atom stereocenters. The molecule has 4 N–H and O–H groups in total. The third-order valence-electron chi connectivity index (χ3n) is 11.0. The average molecular weight is 760 g/mol. The van der Waals surface area contributed by atoms with Crippen molar-refractivity contribution in [3.8, 4) is 0 Å². The monoisotopic (exact) mass is 759 g/mol. The van der Waals surface area contributed by atoms with Crippen molar-refractivity contribution < 1.29 is 28.8 Å². The van der Waals surface area contributed by atoms with E-state index in [1.165, 1.54) is 9.70 Å². The van der Waals surface area contributed by atoms with E-state index in [0.717, 1.165) is 37.7 Å². The van der Waals surface area contributed by atoms with Gasteiger partial charge >= 0.3 is 0 Å². The summed E-state index contributed by atoms with van der Waals surface area (Å²) in [5, 5.41) is 23.8. The standard InChI is InChI=1S/C40H57N9O6/c1-9-14-28(33(51)37(54)41-26-19-20-26)42-36(53)32-27-18-13-15-24(27)22-48(32)38(55)34(39(4,5)6)44-35(52)31(23(2)3)43-30(50)21-29-45-47-49(46-29)40(7,8)25-16-11-10-12-17-25/h10-12,16-17,24,26-28,31-32,34H,2,9,13-15,18-22H2,1,3-8H3,(H,41,54)(H,42,53)(H,43,50)(H,44,52)/t24-,27-,28?,31-,32-,34-/m0/s1. The summed E-state index contributed by atoms with van der Waals surface area (Å²) < 4.78 is 0. The summed E-state index contributed by atoms with van der Waals surface area (Å²) in [5.41, 5.74) is -0.132. The van der Waals surface area contributed by atoms with E-state index >= 15 is 0 Å². The van der Waals surface area contributed by atoms with E-state index in [1.807, 2.05) is 71.9 Å². The van der Waals surface area contributed by atoms with Gasteiger partial charge in [-0.1, -0.05) is 77.4 Å². The number of carbonyl (C=O) groups is 6. The van der Waals surface area contributed by atoms with E-state index in [2.05, 4.69) is 43.3 Å². The fourth-order valence-corrected chi connectivity index (χ4v) is 7.65. The summed E-state index contributed by atoms with van der Waals surface area (Å²) in [5.74, 6) is -3.34. The number of likely N-dealkylation sites (tertiary alicyclic amines) is 1. The summed E-state index contributed by atoms with van der Waals surface area (Å²) in [7, 11) is 0. The second-order valence-corrected chi connectivity index (χ2v) is 17.0. The van der Waals surface area contributed by atoms with Crippen LogP contribution in [0.15, 0.2) is 42.5 Å². The lowest BCUT2D eigenvalue weighted by molar-refractivity contribution is -0.146. The van der Waals surface area contributed by atoms with Gasteiger partial charge in [0, 0.05) is 12.6 Å². The average Bonchev–Trinajstić information content (AvgIpc) is 3.45. The number of fused-ring (bicyclic) bond motifs is 1. The van der Waals surface area contributed by atoms with E-state index in [-0.39, 0.29) is 36.5 Å². The highest BCUT2D eigenvalue weighted by Gasteiger charge is 2.52. The first-order valence-corrected chi connectivity index (χ1v) is 19.5. The lowest BCUT2D eigenvalue weighted by Gasteiger charge is -2.37. The van der Waals surface area contributed by atoms with Gasteiger partial charge in [0.05, 0.1) is 12.5 Å². The minimum Gasteiger partial charge on any atom is -0.347 e. The third kappa shape index (κ3) is 9.65. The summed E-state index contributed by atoms with van der Waals surface area (Å²) in [6.07, 6.45) is 4.75. The predicted octanol–water partition coefficient (Wildman–Crippen LogP) is 2.35. The smallest absolute Gasteiger partial charge is 0.289 e. The number of tetrazole rings is 1. The van der Waals surface area contributed by atoms with Crippen LogP contribution < -0.4 is 21.3 Å². The number of hydrogen-bond donors (Lipinski definition) is 4. The maximum absolute atomic E-state index is 14.6. The van der Waals surface area contributed by atoms with Crippen molar-refractivity contribution in [3.05, 3.63) is 53.9 Å². The summed E-state index contributed by atoms with van der Waals surface area (Å²) in [6.45, 7) is 17.1. The lowest BCUT2D eigenvalue weighted by Crippen LogP contribution is -2.61. The number of hydrogen-bond acceptors (Lipinski definition) is 9. The molecule has 298 valence electrons. The van der Waals surface area contributed by atoms with Crippen molar-refractivity contribution in [2.45, 2.75) is 136 Å². The normalized spacial score (nSPS) is 21.1. The molecule has 15 nitrogen and oxygen atoms in total. The maximum Gasteiger partial charge on any atom is 0.289 e. The van der Waals surface area contributed by atoms with Crippen LogP contribution in [-0.2, 0) is 40.7 Å². The SMILES string of the molecule is C=C(C)[C@H](NC(=O)Cc1nnn(C(C)(C)c2ccccc2)n1)C(=O)N[C@@H](C(=O)N1C[C@@H]2CCC[C@@H]2[C@H]1C(=O)NC(CCC)C(=O)C(=O)NC1CC1)C(C)(C)C. The van der Waals surface area contributed by atoms with Crippen LogP contribution in [0.25, 0.3) is 0 Å². The van der Waals surface area contributed by atoms with Crippen LogP contribution in [0.4, 0.5) is 0 Å². The quantitative estimate of drug-likeness (QED) is 0.147. The first kappa shape index (κ1) is 41.2. The van der Waals surface area contributed by atoms with Crippen LogP contribution >= 0.6 is 0 Å². The van der Waals surface area contributed by atoms with Gasteiger partial charge in [0.1, 0.15) is 23.7 Å². The van der Waals surface area contributed by atoms with E-state index in [1.54, 1.807) is 6.92 Å². The molecule has 1 saturated heterocycles. The first-order chi connectivity index (χ1) is 25.9. The molecule has 2 aliphatic carbocycles. The first-order valence-electron chi connectivity index (χ1n) is 19.5. The van der Waals surface area contributed by atoms with E-state index in [9.17, 15) is 28.8 Å². The number of carbonyl (C=O) groups excluding carboxylic acids is 6. The number of aromatic nitrogens is 4. The molecule has 0 bridgehead atoms. The molecule has 6 atom stereocenters. The second-order valence-electron chi connectivity index (χ2n) is 17.0. The topological polar surface area (TPSA) is 197 Å². The largest absolute Gasteiger partial charge is 0.347 e. The van der Waals surface area contributed by atoms with Crippen LogP contribution in [-0.4, -0.2) is 97.2 Å².